The first-order valence-corrected chi connectivity index (χ1v) is 16.5. The number of alkyl halides is 3. The van der Waals surface area contributed by atoms with E-state index in [0.717, 1.165) is 24.9 Å². The molecule has 0 unspecified atom stereocenters. The first kappa shape index (κ1) is 40.6. The Balaban J connectivity index is 0.000000908. The molecule has 1 heterocycles. The summed E-state index contributed by atoms with van der Waals surface area (Å²) < 4.78 is 37.5. The SMILES string of the molecule is CC(C)OC(=O)c1ccc(NC(=O)N[C@@H](Cc2ccc(O)cc2)C(=O)N2CCC[C@H]([N+](C)(C)Cc3ccc(Cl)cc3)C2)cc1.O=C([O-])C(F)(F)F. The van der Waals surface area contributed by atoms with Gasteiger partial charge in [0.15, 0.2) is 0 Å². The Morgan fingerprint density at radius 2 is 1.55 bits per heavy atom. The molecule has 3 aromatic rings. The fraction of sp³-hybridized carbons (Fsp3) is 0.389. The first-order valence-electron chi connectivity index (χ1n) is 16.1. The summed E-state index contributed by atoms with van der Waals surface area (Å²) in [6.07, 6.45) is -3.32. The van der Waals surface area contributed by atoms with Crippen LogP contribution >= 0.6 is 11.6 Å². The van der Waals surface area contributed by atoms with E-state index < -0.39 is 30.2 Å². The quantitative estimate of drug-likeness (QED) is 0.198. The summed E-state index contributed by atoms with van der Waals surface area (Å²) in [5, 5.41) is 24.9. The minimum Gasteiger partial charge on any atom is -0.542 e. The summed E-state index contributed by atoms with van der Waals surface area (Å²) in [5.41, 5.74) is 2.83. The van der Waals surface area contributed by atoms with Gasteiger partial charge in [0.1, 0.15) is 30.3 Å². The van der Waals surface area contributed by atoms with Crippen molar-refractivity contribution in [3.63, 3.8) is 0 Å². The van der Waals surface area contributed by atoms with E-state index in [-0.39, 0.29) is 30.2 Å². The van der Waals surface area contributed by atoms with Crippen molar-refractivity contribution in [3.05, 3.63) is 94.5 Å². The van der Waals surface area contributed by atoms with Gasteiger partial charge in [0, 0.05) is 35.7 Å². The summed E-state index contributed by atoms with van der Waals surface area (Å²) in [5.74, 6) is -3.48. The number of nitrogens with zero attached hydrogens (tertiary/aromatic N) is 2. The van der Waals surface area contributed by atoms with Gasteiger partial charge in [-0.3, -0.25) is 4.79 Å². The van der Waals surface area contributed by atoms with Gasteiger partial charge in [0.25, 0.3) is 0 Å². The van der Waals surface area contributed by atoms with Crippen LogP contribution in [-0.4, -0.2) is 89.9 Å². The Kier molecular flexibility index (Phi) is 14.3. The summed E-state index contributed by atoms with van der Waals surface area (Å²) >= 11 is 6.08. The number of anilines is 1. The molecule has 1 fully saturated rings. The zero-order chi connectivity index (χ0) is 37.9. The van der Waals surface area contributed by atoms with Crippen LogP contribution in [0.25, 0.3) is 0 Å². The van der Waals surface area contributed by atoms with E-state index >= 15 is 0 Å². The number of carbonyl (C=O) groups excluding carboxylic acids is 4. The molecule has 3 aromatic carbocycles. The highest BCUT2D eigenvalue weighted by atomic mass is 35.5. The molecule has 0 saturated carbocycles. The van der Waals surface area contributed by atoms with Crippen LogP contribution in [0.4, 0.5) is 23.7 Å². The Labute approximate surface area is 299 Å². The number of carbonyl (C=O) groups is 4. The number of phenols is 1. The molecule has 2 atom stereocenters. The molecular formula is C36H42ClF3N4O7. The molecule has 0 bridgehead atoms. The van der Waals surface area contributed by atoms with Crippen LogP contribution < -0.4 is 15.7 Å². The Bertz CT molecular complexity index is 1630. The Hall–Kier alpha value is -4.82. The van der Waals surface area contributed by atoms with Crippen molar-refractivity contribution in [2.24, 2.45) is 0 Å². The number of benzene rings is 3. The van der Waals surface area contributed by atoms with Crippen molar-refractivity contribution < 1.29 is 51.8 Å². The number of esters is 1. The summed E-state index contributed by atoms with van der Waals surface area (Å²) in [6.45, 7) is 5.54. The first-order chi connectivity index (χ1) is 23.8. The van der Waals surface area contributed by atoms with Gasteiger partial charge in [0.05, 0.1) is 32.3 Å². The lowest BCUT2D eigenvalue weighted by Gasteiger charge is -2.44. The number of rotatable bonds is 10. The molecule has 3 N–H and O–H groups in total. The van der Waals surface area contributed by atoms with Crippen LogP contribution in [0.1, 0.15) is 48.2 Å². The van der Waals surface area contributed by atoms with Crippen LogP contribution in [0.2, 0.25) is 5.02 Å². The number of halogens is 4. The van der Waals surface area contributed by atoms with E-state index in [9.17, 15) is 32.7 Å². The van der Waals surface area contributed by atoms with Gasteiger partial charge in [-0.25, -0.2) is 9.59 Å². The lowest BCUT2D eigenvalue weighted by molar-refractivity contribution is -0.928. The molecule has 11 nitrogen and oxygen atoms in total. The monoisotopic (exact) mass is 734 g/mol. The smallest absolute Gasteiger partial charge is 0.430 e. The van der Waals surface area contributed by atoms with Crippen molar-refractivity contribution in [2.45, 2.75) is 64.0 Å². The number of likely N-dealkylation sites (tertiary alicyclic amines) is 1. The molecule has 1 saturated heterocycles. The van der Waals surface area contributed by atoms with Crippen molar-refractivity contribution in [1.29, 1.82) is 0 Å². The standard InChI is InChI=1S/C34H41ClN4O5.C2HF3O2/c1-23(2)44-33(42)26-11-15-28(16-12-26)36-34(43)37-31(20-24-9-17-30(40)18-10-24)32(41)38-19-5-6-29(21-38)39(3,4)22-25-7-13-27(35)14-8-25;3-2(4,5)1(6)7/h7-18,23,29,31H,5-6,19-22H2,1-4H3,(H2-,36,37,40,42,43);(H,6,7)/t29-,31-;/m0./s1. The second-order valence-corrected chi connectivity index (χ2v) is 13.4. The summed E-state index contributed by atoms with van der Waals surface area (Å²) in [4.78, 5) is 49.9. The van der Waals surface area contributed by atoms with Gasteiger partial charge < -0.3 is 39.8 Å². The van der Waals surface area contributed by atoms with E-state index in [1.165, 1.54) is 5.56 Å². The lowest BCUT2D eigenvalue weighted by atomic mass is 9.99. The molecule has 0 aromatic heterocycles. The van der Waals surface area contributed by atoms with Gasteiger partial charge in [-0.1, -0.05) is 35.9 Å². The number of carboxylic acids is 1. The third-order valence-electron chi connectivity index (χ3n) is 8.13. The number of aromatic hydroxyl groups is 1. The highest BCUT2D eigenvalue weighted by molar-refractivity contribution is 6.30. The molecule has 4 rings (SSSR count). The van der Waals surface area contributed by atoms with Gasteiger partial charge in [0.2, 0.25) is 5.91 Å². The number of carboxylic acid groups (broad SMARTS) is 1. The molecule has 15 heteroatoms. The van der Waals surface area contributed by atoms with Gasteiger partial charge in [-0.2, -0.15) is 13.2 Å². The average Bonchev–Trinajstić information content (AvgIpc) is 3.06. The number of quaternary nitrogens is 1. The lowest BCUT2D eigenvalue weighted by Crippen LogP contribution is -2.59. The van der Waals surface area contributed by atoms with E-state index in [1.807, 2.05) is 29.2 Å². The van der Waals surface area contributed by atoms with Gasteiger partial charge in [-0.15, -0.1) is 0 Å². The Morgan fingerprint density at radius 1 is 0.980 bits per heavy atom. The number of piperidine rings is 1. The van der Waals surface area contributed by atoms with Crippen LogP contribution in [0, 0.1) is 0 Å². The minimum atomic E-state index is -5.19. The molecule has 276 valence electrons. The maximum Gasteiger partial charge on any atom is 0.430 e. The number of ether oxygens (including phenoxy) is 1. The normalized spacial score (nSPS) is 15.2. The van der Waals surface area contributed by atoms with Crippen LogP contribution in [0.5, 0.6) is 5.75 Å². The van der Waals surface area contributed by atoms with Gasteiger partial charge in [-0.05, 0) is 74.4 Å². The maximum absolute atomic E-state index is 14.0. The number of amides is 3. The van der Waals surface area contributed by atoms with Crippen molar-refractivity contribution in [3.8, 4) is 5.75 Å². The highest BCUT2D eigenvalue weighted by Gasteiger charge is 2.37. The van der Waals surface area contributed by atoms with Crippen molar-refractivity contribution >= 4 is 41.2 Å². The number of hydrogen-bond donors (Lipinski definition) is 3. The second-order valence-electron chi connectivity index (χ2n) is 13.0. The molecule has 1 aliphatic heterocycles. The highest BCUT2D eigenvalue weighted by Crippen LogP contribution is 2.24. The third-order valence-corrected chi connectivity index (χ3v) is 8.38. The molecule has 0 radical (unpaired) electrons. The number of phenolic OH excluding ortho intramolecular Hbond substituents is 1. The number of likely N-dealkylation sites (N-methyl/N-ethyl adjacent to an activating group) is 1. The number of aliphatic carboxylic acids is 1. The fourth-order valence-corrected chi connectivity index (χ4v) is 5.63. The number of nitrogens with one attached hydrogen (secondary N) is 2. The molecule has 0 spiro atoms. The van der Waals surface area contributed by atoms with Gasteiger partial charge >= 0.3 is 18.2 Å². The maximum atomic E-state index is 14.0. The predicted molar refractivity (Wildman–Crippen MR) is 183 cm³/mol. The number of hydrogen-bond acceptors (Lipinski definition) is 7. The van der Waals surface area contributed by atoms with Crippen LogP contribution in [0.15, 0.2) is 72.8 Å². The van der Waals surface area contributed by atoms with Crippen LogP contribution in [0.3, 0.4) is 0 Å². The van der Waals surface area contributed by atoms with Crippen molar-refractivity contribution in [1.82, 2.24) is 10.2 Å². The Morgan fingerprint density at radius 3 is 2.10 bits per heavy atom. The molecule has 3 amide bonds. The fourth-order valence-electron chi connectivity index (χ4n) is 5.50. The molecule has 51 heavy (non-hydrogen) atoms. The predicted octanol–water partition coefficient (Wildman–Crippen LogP) is 4.91. The number of urea groups is 1. The molecular weight excluding hydrogens is 693 g/mol. The van der Waals surface area contributed by atoms with E-state index in [4.69, 9.17) is 26.2 Å². The average molecular weight is 735 g/mol. The summed E-state index contributed by atoms with van der Waals surface area (Å²) in [7, 11) is 4.36. The van der Waals surface area contributed by atoms with E-state index in [2.05, 4.69) is 24.7 Å². The third kappa shape index (κ3) is 13.1. The largest absolute Gasteiger partial charge is 0.542 e. The zero-order valence-corrected chi connectivity index (χ0v) is 29.5. The minimum absolute atomic E-state index is 0.127. The van der Waals surface area contributed by atoms with Crippen molar-refractivity contribution in [2.75, 3.05) is 32.5 Å². The summed E-state index contributed by atoms with van der Waals surface area (Å²) in [6, 6.07) is 19.7. The van der Waals surface area contributed by atoms with E-state index in [0.29, 0.717) is 33.8 Å². The molecule has 1 aliphatic rings. The van der Waals surface area contributed by atoms with Crippen LogP contribution in [-0.2, 0) is 27.3 Å². The van der Waals surface area contributed by atoms with E-state index in [1.54, 1.807) is 62.4 Å². The zero-order valence-electron chi connectivity index (χ0n) is 28.7. The topological polar surface area (TPSA) is 148 Å². The molecule has 0 aliphatic carbocycles. The second kappa shape index (κ2) is 17.9.